The summed E-state index contributed by atoms with van der Waals surface area (Å²) in [6.45, 7) is 2.25. The summed E-state index contributed by atoms with van der Waals surface area (Å²) in [6, 6.07) is 5.67. The van der Waals surface area contributed by atoms with Gasteiger partial charge in [0.1, 0.15) is 11.6 Å². The van der Waals surface area contributed by atoms with Crippen molar-refractivity contribution < 1.29 is 9.13 Å². The number of halogens is 4. The first-order chi connectivity index (χ1) is 8.41. The second kappa shape index (κ2) is 5.08. The van der Waals surface area contributed by atoms with E-state index in [9.17, 15) is 4.39 Å². The van der Waals surface area contributed by atoms with E-state index in [0.717, 1.165) is 0 Å². The van der Waals surface area contributed by atoms with Crippen LogP contribution in [0.15, 0.2) is 24.3 Å². The molecule has 0 aliphatic carbocycles. The molecule has 1 heterocycles. The van der Waals surface area contributed by atoms with Gasteiger partial charge in [-0.3, -0.25) is 0 Å². The molecule has 96 valence electrons. The summed E-state index contributed by atoms with van der Waals surface area (Å²) in [5, 5.41) is 0.551. The maximum Gasteiger partial charge on any atom is 0.232 e. The molecule has 0 radical (unpaired) electrons. The molecular weight excluding hydrogens is 299 g/mol. The Morgan fingerprint density at radius 1 is 1.28 bits per heavy atom. The van der Waals surface area contributed by atoms with E-state index in [0.29, 0.717) is 23.3 Å². The smallest absolute Gasteiger partial charge is 0.232 e. The lowest BCUT2D eigenvalue weighted by atomic mass is 10.2. The summed E-state index contributed by atoms with van der Waals surface area (Å²) < 4.78 is 17.0. The predicted molar refractivity (Wildman–Crippen MR) is 72.1 cm³/mol. The lowest BCUT2D eigenvalue weighted by Gasteiger charge is -2.14. The normalized spacial score (nSPS) is 11.8. The Labute approximate surface area is 119 Å². The second-order valence-corrected chi connectivity index (χ2v) is 5.88. The molecule has 6 heteroatoms. The SMILES string of the molecule is CCOc1cc(C(Cl)(Cl)Cl)nc2ccc(F)cc12. The molecule has 0 atom stereocenters. The summed E-state index contributed by atoms with van der Waals surface area (Å²) in [6.07, 6.45) is 0. The largest absolute Gasteiger partial charge is 0.493 e. The molecule has 0 aliphatic heterocycles. The fourth-order valence-electron chi connectivity index (χ4n) is 1.59. The van der Waals surface area contributed by atoms with Crippen LogP contribution < -0.4 is 4.74 Å². The third-order valence-corrected chi connectivity index (χ3v) is 2.90. The number of hydrogen-bond acceptors (Lipinski definition) is 2. The Bertz CT molecular complexity index is 583. The molecule has 0 fully saturated rings. The summed E-state index contributed by atoms with van der Waals surface area (Å²) in [5.74, 6) is 0.0789. The average Bonchev–Trinajstić information content (AvgIpc) is 2.28. The maximum absolute atomic E-state index is 13.2. The Kier molecular flexibility index (Phi) is 3.85. The zero-order valence-electron chi connectivity index (χ0n) is 9.38. The molecule has 0 aliphatic rings. The Morgan fingerprint density at radius 2 is 2.00 bits per heavy atom. The molecule has 2 aromatic rings. The number of rotatable bonds is 2. The third-order valence-electron chi connectivity index (χ3n) is 2.32. The highest BCUT2D eigenvalue weighted by atomic mass is 35.6. The number of hydrogen-bond donors (Lipinski definition) is 0. The van der Waals surface area contributed by atoms with Crippen LogP contribution in [0.3, 0.4) is 0 Å². The van der Waals surface area contributed by atoms with E-state index < -0.39 is 3.79 Å². The van der Waals surface area contributed by atoms with Gasteiger partial charge in [0.2, 0.25) is 3.79 Å². The van der Waals surface area contributed by atoms with Gasteiger partial charge in [0, 0.05) is 11.5 Å². The van der Waals surface area contributed by atoms with E-state index in [1.807, 2.05) is 6.92 Å². The van der Waals surface area contributed by atoms with Crippen molar-refractivity contribution in [3.8, 4) is 5.75 Å². The highest BCUT2D eigenvalue weighted by Gasteiger charge is 2.26. The lowest BCUT2D eigenvalue weighted by Crippen LogP contribution is -2.05. The Hall–Kier alpha value is -0.770. The van der Waals surface area contributed by atoms with Crippen molar-refractivity contribution in [2.75, 3.05) is 6.61 Å². The van der Waals surface area contributed by atoms with Gasteiger partial charge in [-0.05, 0) is 25.1 Å². The fourth-order valence-corrected chi connectivity index (χ4v) is 1.88. The molecule has 1 aromatic heterocycles. The topological polar surface area (TPSA) is 22.1 Å². The van der Waals surface area contributed by atoms with Crippen LogP contribution in [-0.4, -0.2) is 11.6 Å². The van der Waals surface area contributed by atoms with Crippen LogP contribution in [0, 0.1) is 5.82 Å². The minimum Gasteiger partial charge on any atom is -0.493 e. The number of ether oxygens (including phenoxy) is 1. The molecule has 0 amide bonds. The van der Waals surface area contributed by atoms with Crippen molar-refractivity contribution >= 4 is 45.7 Å². The minimum atomic E-state index is -1.64. The average molecular weight is 309 g/mol. The molecule has 0 N–H and O–H groups in total. The van der Waals surface area contributed by atoms with E-state index in [2.05, 4.69) is 4.98 Å². The van der Waals surface area contributed by atoms with Gasteiger partial charge in [-0.25, -0.2) is 9.37 Å². The number of alkyl halides is 3. The number of pyridine rings is 1. The Balaban J connectivity index is 2.70. The van der Waals surface area contributed by atoms with E-state index in [-0.39, 0.29) is 11.5 Å². The molecule has 1 aromatic carbocycles. The van der Waals surface area contributed by atoms with Gasteiger partial charge in [0.15, 0.2) is 0 Å². The molecule has 2 rings (SSSR count). The Morgan fingerprint density at radius 3 is 2.61 bits per heavy atom. The summed E-state index contributed by atoms with van der Waals surface area (Å²) in [7, 11) is 0. The van der Waals surface area contributed by atoms with Crippen LogP contribution in [0.2, 0.25) is 0 Å². The van der Waals surface area contributed by atoms with Crippen molar-refractivity contribution in [3.63, 3.8) is 0 Å². The van der Waals surface area contributed by atoms with E-state index >= 15 is 0 Å². The summed E-state index contributed by atoms with van der Waals surface area (Å²) in [5.41, 5.74) is 0.763. The van der Waals surface area contributed by atoms with Gasteiger partial charge in [-0.15, -0.1) is 0 Å². The van der Waals surface area contributed by atoms with Crippen LogP contribution in [0.4, 0.5) is 4.39 Å². The fraction of sp³-hybridized carbons (Fsp3) is 0.250. The number of nitrogens with zero attached hydrogens (tertiary/aromatic N) is 1. The zero-order valence-corrected chi connectivity index (χ0v) is 11.7. The molecule has 2 nitrogen and oxygen atoms in total. The first-order valence-electron chi connectivity index (χ1n) is 5.22. The van der Waals surface area contributed by atoms with Crippen molar-refractivity contribution in [2.45, 2.75) is 10.7 Å². The second-order valence-electron chi connectivity index (χ2n) is 3.60. The van der Waals surface area contributed by atoms with Crippen LogP contribution in [0.5, 0.6) is 5.75 Å². The van der Waals surface area contributed by atoms with Crippen LogP contribution in [0.1, 0.15) is 12.6 Å². The van der Waals surface area contributed by atoms with Crippen molar-refractivity contribution in [3.05, 3.63) is 35.8 Å². The van der Waals surface area contributed by atoms with Gasteiger partial charge >= 0.3 is 0 Å². The molecule has 0 saturated carbocycles. The zero-order chi connectivity index (χ0) is 13.3. The predicted octanol–water partition coefficient (Wildman–Crippen LogP) is 4.60. The van der Waals surface area contributed by atoms with E-state index in [1.54, 1.807) is 0 Å². The number of aromatic nitrogens is 1. The molecule has 0 unspecified atom stereocenters. The summed E-state index contributed by atoms with van der Waals surface area (Å²) >= 11 is 17.4. The van der Waals surface area contributed by atoms with Crippen LogP contribution in [-0.2, 0) is 3.79 Å². The number of benzene rings is 1. The lowest BCUT2D eigenvalue weighted by molar-refractivity contribution is 0.343. The molecule has 18 heavy (non-hydrogen) atoms. The molecule has 0 saturated heterocycles. The maximum atomic E-state index is 13.2. The van der Waals surface area contributed by atoms with Crippen molar-refractivity contribution in [1.82, 2.24) is 4.98 Å². The van der Waals surface area contributed by atoms with Gasteiger partial charge in [-0.1, -0.05) is 34.8 Å². The summed E-state index contributed by atoms with van der Waals surface area (Å²) in [4.78, 5) is 4.19. The van der Waals surface area contributed by atoms with Crippen LogP contribution >= 0.6 is 34.8 Å². The van der Waals surface area contributed by atoms with Gasteiger partial charge < -0.3 is 4.74 Å². The highest BCUT2D eigenvalue weighted by Crippen LogP contribution is 2.40. The standard InChI is InChI=1S/C12H9Cl3FNO/c1-2-18-10-6-11(12(13,14)15)17-9-4-3-7(16)5-8(9)10/h3-6H,2H2,1H3. The van der Waals surface area contributed by atoms with Crippen LogP contribution in [0.25, 0.3) is 10.9 Å². The molecular formula is C12H9Cl3FNO. The van der Waals surface area contributed by atoms with Crippen molar-refractivity contribution in [1.29, 1.82) is 0 Å². The minimum absolute atomic E-state index is 0.245. The quantitative estimate of drug-likeness (QED) is 0.756. The first-order valence-corrected chi connectivity index (χ1v) is 6.35. The van der Waals surface area contributed by atoms with Gasteiger partial charge in [0.05, 0.1) is 17.8 Å². The number of fused-ring (bicyclic) bond motifs is 1. The molecule has 0 spiro atoms. The first kappa shape index (κ1) is 13.7. The van der Waals surface area contributed by atoms with E-state index in [4.69, 9.17) is 39.5 Å². The molecule has 0 bridgehead atoms. The van der Waals surface area contributed by atoms with E-state index in [1.165, 1.54) is 24.3 Å². The van der Waals surface area contributed by atoms with Crippen molar-refractivity contribution in [2.24, 2.45) is 0 Å². The third kappa shape index (κ3) is 2.79. The monoisotopic (exact) mass is 307 g/mol. The van der Waals surface area contributed by atoms with Gasteiger partial charge in [-0.2, -0.15) is 0 Å². The van der Waals surface area contributed by atoms with Gasteiger partial charge in [0.25, 0.3) is 0 Å². The highest BCUT2D eigenvalue weighted by molar-refractivity contribution is 6.66.